The number of hydrogen-bond donors (Lipinski definition) is 0. The van der Waals surface area contributed by atoms with E-state index in [2.05, 4.69) is 88.4 Å². The normalized spacial score (nSPS) is 11.0. The Morgan fingerprint density at radius 1 is 0.783 bits per heavy atom. The van der Waals surface area contributed by atoms with Gasteiger partial charge in [-0.05, 0) is 60.2 Å². The minimum atomic E-state index is 0.470. The van der Waals surface area contributed by atoms with Crippen molar-refractivity contribution in [3.05, 3.63) is 77.5 Å². The lowest BCUT2D eigenvalue weighted by molar-refractivity contribution is 0.868. The predicted molar refractivity (Wildman–Crippen MR) is 98.7 cm³/mol. The van der Waals surface area contributed by atoms with Crippen LogP contribution in [0, 0.1) is 13.8 Å². The fraction of sp³-hybridized carbons (Fsp3) is 0.227. The SMILES string of the molecule is Cc1cc(C)nc(-c2cc(-c3ccccc3)ccc2C(C)C)c1. The quantitative estimate of drug-likeness (QED) is 0.565. The Hall–Kier alpha value is -2.41. The van der Waals surface area contributed by atoms with Gasteiger partial charge in [-0.1, -0.05) is 56.3 Å². The van der Waals surface area contributed by atoms with Gasteiger partial charge in [0.1, 0.15) is 0 Å². The van der Waals surface area contributed by atoms with Crippen LogP contribution in [0.15, 0.2) is 60.7 Å². The molecule has 0 aliphatic carbocycles. The zero-order valence-electron chi connectivity index (χ0n) is 14.3. The Labute approximate surface area is 139 Å². The lowest BCUT2D eigenvalue weighted by Gasteiger charge is -2.15. The third kappa shape index (κ3) is 3.34. The molecule has 2 aromatic carbocycles. The fourth-order valence-corrected chi connectivity index (χ4v) is 3.07. The van der Waals surface area contributed by atoms with Crippen LogP contribution in [-0.4, -0.2) is 4.98 Å². The summed E-state index contributed by atoms with van der Waals surface area (Å²) in [6.07, 6.45) is 0. The van der Waals surface area contributed by atoms with Crippen LogP contribution in [0.3, 0.4) is 0 Å². The third-order valence-electron chi connectivity index (χ3n) is 4.16. The maximum absolute atomic E-state index is 4.78. The molecule has 1 nitrogen and oxygen atoms in total. The Morgan fingerprint density at radius 2 is 1.52 bits per heavy atom. The molecule has 0 aliphatic heterocycles. The Kier molecular flexibility index (Phi) is 4.29. The molecule has 0 spiro atoms. The van der Waals surface area contributed by atoms with Crippen molar-refractivity contribution < 1.29 is 0 Å². The van der Waals surface area contributed by atoms with Gasteiger partial charge in [-0.2, -0.15) is 0 Å². The van der Waals surface area contributed by atoms with E-state index in [0.717, 1.165) is 11.4 Å². The van der Waals surface area contributed by atoms with Crippen LogP contribution in [0.25, 0.3) is 22.4 Å². The van der Waals surface area contributed by atoms with Crippen LogP contribution >= 0.6 is 0 Å². The first-order valence-corrected chi connectivity index (χ1v) is 8.19. The van der Waals surface area contributed by atoms with E-state index >= 15 is 0 Å². The summed E-state index contributed by atoms with van der Waals surface area (Å²) in [4.78, 5) is 4.78. The van der Waals surface area contributed by atoms with Crippen molar-refractivity contribution in [2.24, 2.45) is 0 Å². The first kappa shape index (κ1) is 15.5. The van der Waals surface area contributed by atoms with E-state index in [9.17, 15) is 0 Å². The number of nitrogens with zero attached hydrogens (tertiary/aromatic N) is 1. The number of benzene rings is 2. The second kappa shape index (κ2) is 6.37. The maximum Gasteiger partial charge on any atom is 0.0710 e. The minimum Gasteiger partial charge on any atom is -0.253 e. The molecule has 3 rings (SSSR count). The molecule has 1 heteroatoms. The van der Waals surface area contributed by atoms with Crippen LogP contribution in [0.2, 0.25) is 0 Å². The number of rotatable bonds is 3. The molecule has 0 bridgehead atoms. The van der Waals surface area contributed by atoms with Crippen molar-refractivity contribution in [2.45, 2.75) is 33.6 Å². The second-order valence-corrected chi connectivity index (χ2v) is 6.49. The lowest BCUT2D eigenvalue weighted by Crippen LogP contribution is -1.97. The summed E-state index contributed by atoms with van der Waals surface area (Å²) >= 11 is 0. The van der Waals surface area contributed by atoms with Crippen molar-refractivity contribution >= 4 is 0 Å². The molecule has 3 aromatic rings. The van der Waals surface area contributed by atoms with Crippen molar-refractivity contribution in [2.75, 3.05) is 0 Å². The summed E-state index contributed by atoms with van der Waals surface area (Å²) in [7, 11) is 0. The number of hydrogen-bond acceptors (Lipinski definition) is 1. The predicted octanol–water partition coefficient (Wildman–Crippen LogP) is 6.16. The Morgan fingerprint density at radius 3 is 2.17 bits per heavy atom. The first-order valence-electron chi connectivity index (χ1n) is 8.19. The second-order valence-electron chi connectivity index (χ2n) is 6.49. The van der Waals surface area contributed by atoms with E-state index < -0.39 is 0 Å². The van der Waals surface area contributed by atoms with E-state index in [0.29, 0.717) is 5.92 Å². The van der Waals surface area contributed by atoms with E-state index in [1.165, 1.54) is 27.8 Å². The highest BCUT2D eigenvalue weighted by Crippen LogP contribution is 2.33. The largest absolute Gasteiger partial charge is 0.253 e. The van der Waals surface area contributed by atoms with E-state index in [4.69, 9.17) is 4.98 Å². The summed E-state index contributed by atoms with van der Waals surface area (Å²) in [5.74, 6) is 0.470. The number of aromatic nitrogens is 1. The Bertz CT molecular complexity index is 796. The molecule has 1 heterocycles. The van der Waals surface area contributed by atoms with Gasteiger partial charge in [-0.15, -0.1) is 0 Å². The molecule has 23 heavy (non-hydrogen) atoms. The third-order valence-corrected chi connectivity index (χ3v) is 4.16. The monoisotopic (exact) mass is 301 g/mol. The van der Waals surface area contributed by atoms with Gasteiger partial charge in [0.15, 0.2) is 0 Å². The van der Waals surface area contributed by atoms with Crippen molar-refractivity contribution in [1.29, 1.82) is 0 Å². The summed E-state index contributed by atoms with van der Waals surface area (Å²) in [5.41, 5.74) is 8.48. The van der Waals surface area contributed by atoms with Crippen LogP contribution < -0.4 is 0 Å². The summed E-state index contributed by atoms with van der Waals surface area (Å²) in [5, 5.41) is 0. The van der Waals surface area contributed by atoms with E-state index in [1.54, 1.807) is 0 Å². The smallest absolute Gasteiger partial charge is 0.0710 e. The average Bonchev–Trinajstić information content (AvgIpc) is 2.54. The van der Waals surface area contributed by atoms with Crippen LogP contribution in [0.4, 0.5) is 0 Å². The van der Waals surface area contributed by atoms with Gasteiger partial charge in [0.05, 0.1) is 5.69 Å². The van der Waals surface area contributed by atoms with Crippen LogP contribution in [0.1, 0.15) is 36.6 Å². The van der Waals surface area contributed by atoms with Gasteiger partial charge in [0, 0.05) is 11.3 Å². The van der Waals surface area contributed by atoms with E-state index in [-0.39, 0.29) is 0 Å². The standard InChI is InChI=1S/C22H23N/c1-15(2)20-11-10-19(18-8-6-5-7-9-18)14-21(20)22-13-16(3)12-17(4)23-22/h5-15H,1-4H3. The van der Waals surface area contributed by atoms with Gasteiger partial charge < -0.3 is 0 Å². The van der Waals surface area contributed by atoms with Crippen molar-refractivity contribution in [3.63, 3.8) is 0 Å². The highest BCUT2D eigenvalue weighted by atomic mass is 14.7. The topological polar surface area (TPSA) is 12.9 Å². The highest BCUT2D eigenvalue weighted by molar-refractivity contribution is 5.74. The number of aryl methyl sites for hydroxylation is 2. The van der Waals surface area contributed by atoms with E-state index in [1.807, 2.05) is 0 Å². The molecular formula is C22H23N. The molecule has 0 atom stereocenters. The molecule has 0 fully saturated rings. The van der Waals surface area contributed by atoms with Crippen LogP contribution in [0.5, 0.6) is 0 Å². The molecule has 1 aromatic heterocycles. The molecule has 116 valence electrons. The van der Waals surface area contributed by atoms with Crippen molar-refractivity contribution in [3.8, 4) is 22.4 Å². The molecule has 0 saturated heterocycles. The minimum absolute atomic E-state index is 0.470. The molecule has 0 N–H and O–H groups in total. The maximum atomic E-state index is 4.78. The lowest BCUT2D eigenvalue weighted by atomic mass is 9.91. The molecule has 0 aliphatic rings. The summed E-state index contributed by atoms with van der Waals surface area (Å²) < 4.78 is 0. The Balaban J connectivity index is 2.20. The van der Waals surface area contributed by atoms with Gasteiger partial charge in [-0.3, -0.25) is 4.98 Å². The molecule has 0 saturated carbocycles. The zero-order valence-corrected chi connectivity index (χ0v) is 14.3. The van der Waals surface area contributed by atoms with Crippen molar-refractivity contribution in [1.82, 2.24) is 4.98 Å². The average molecular weight is 301 g/mol. The van der Waals surface area contributed by atoms with Gasteiger partial charge in [-0.25, -0.2) is 0 Å². The number of pyridine rings is 1. The van der Waals surface area contributed by atoms with Gasteiger partial charge in [0.2, 0.25) is 0 Å². The highest BCUT2D eigenvalue weighted by Gasteiger charge is 2.12. The molecule has 0 unspecified atom stereocenters. The van der Waals surface area contributed by atoms with Crippen LogP contribution in [-0.2, 0) is 0 Å². The first-order chi connectivity index (χ1) is 11.0. The fourth-order valence-electron chi connectivity index (χ4n) is 3.07. The van der Waals surface area contributed by atoms with Gasteiger partial charge in [0.25, 0.3) is 0 Å². The van der Waals surface area contributed by atoms with Gasteiger partial charge >= 0.3 is 0 Å². The molecular weight excluding hydrogens is 278 g/mol. The summed E-state index contributed by atoms with van der Waals surface area (Å²) in [6, 6.07) is 21.6. The molecule has 0 radical (unpaired) electrons. The zero-order chi connectivity index (χ0) is 16.4. The molecule has 0 amide bonds. The summed E-state index contributed by atoms with van der Waals surface area (Å²) in [6.45, 7) is 8.67.